The largest absolute Gasteiger partial charge is 0.308 e. The fourth-order valence-electron chi connectivity index (χ4n) is 2.36. The minimum Gasteiger partial charge on any atom is -0.308 e. The van der Waals surface area contributed by atoms with Crippen LogP contribution >= 0.6 is 0 Å². The van der Waals surface area contributed by atoms with E-state index in [0.29, 0.717) is 12.4 Å². The summed E-state index contributed by atoms with van der Waals surface area (Å²) in [7, 11) is 3.94. The topological polar surface area (TPSA) is 58.4 Å². The van der Waals surface area contributed by atoms with Gasteiger partial charge in [0.15, 0.2) is 0 Å². The molecular weight excluding hydrogens is 268 g/mol. The first-order valence-electron chi connectivity index (χ1n) is 6.74. The van der Waals surface area contributed by atoms with Crippen molar-refractivity contribution in [2.24, 2.45) is 0 Å². The first-order chi connectivity index (χ1) is 10.1. The number of anilines is 1. The second kappa shape index (κ2) is 5.14. The van der Waals surface area contributed by atoms with Gasteiger partial charge in [-0.2, -0.15) is 5.10 Å². The third kappa shape index (κ3) is 2.34. The zero-order valence-electron chi connectivity index (χ0n) is 12.0. The van der Waals surface area contributed by atoms with Crippen molar-refractivity contribution in [3.05, 3.63) is 36.4 Å². The van der Waals surface area contributed by atoms with Gasteiger partial charge in [-0.1, -0.05) is 12.1 Å². The van der Waals surface area contributed by atoms with E-state index >= 15 is 0 Å². The molecule has 2 heterocycles. The molecule has 0 radical (unpaired) electrons. The Morgan fingerprint density at radius 2 is 1.76 bits per heavy atom. The van der Waals surface area contributed by atoms with Crippen molar-refractivity contribution in [3.63, 3.8) is 0 Å². The van der Waals surface area contributed by atoms with Gasteiger partial charge in [0.2, 0.25) is 0 Å². The second-order valence-electron chi connectivity index (χ2n) is 5.21. The zero-order valence-corrected chi connectivity index (χ0v) is 12.0. The Bertz CT molecular complexity index is 727. The molecule has 108 valence electrons. The number of benzene rings is 1. The Kier molecular flexibility index (Phi) is 3.31. The summed E-state index contributed by atoms with van der Waals surface area (Å²) in [5.74, 6) is -0.0963. The average Bonchev–Trinajstić information content (AvgIpc) is 2.97. The number of hydrogen-bond donors (Lipinski definition) is 0. The van der Waals surface area contributed by atoms with Crippen molar-refractivity contribution in [1.29, 1.82) is 0 Å². The Morgan fingerprint density at radius 3 is 2.43 bits per heavy atom. The highest BCUT2D eigenvalue weighted by Crippen LogP contribution is 2.29. The minimum absolute atomic E-state index is 0.322. The molecule has 1 aliphatic heterocycles. The number of nitrogens with zero attached hydrogens (tertiary/aromatic N) is 4. The summed E-state index contributed by atoms with van der Waals surface area (Å²) < 4.78 is 1.73. The van der Waals surface area contributed by atoms with Crippen LogP contribution in [0.1, 0.15) is 0 Å². The molecule has 2 aromatic rings. The summed E-state index contributed by atoms with van der Waals surface area (Å²) >= 11 is 0. The van der Waals surface area contributed by atoms with Gasteiger partial charge in [0, 0.05) is 24.1 Å². The Morgan fingerprint density at radius 1 is 1.10 bits per heavy atom. The molecule has 1 aromatic heterocycles. The lowest BCUT2D eigenvalue weighted by atomic mass is 10.2. The van der Waals surface area contributed by atoms with Gasteiger partial charge >= 0.3 is 0 Å². The number of hydrogen-bond acceptors (Lipinski definition) is 4. The van der Waals surface area contributed by atoms with E-state index in [-0.39, 0.29) is 11.8 Å². The molecule has 6 nitrogen and oxygen atoms in total. The Hall–Kier alpha value is -2.47. The van der Waals surface area contributed by atoms with Crippen LogP contribution in [0.5, 0.6) is 0 Å². The van der Waals surface area contributed by atoms with Crippen LogP contribution in [0.3, 0.4) is 0 Å². The molecule has 1 aromatic carbocycles. The third-order valence-electron chi connectivity index (χ3n) is 3.40. The number of imide groups is 1. The minimum atomic E-state index is -0.322. The molecule has 0 fully saturated rings. The third-order valence-corrected chi connectivity index (χ3v) is 3.40. The first kappa shape index (κ1) is 13.5. The van der Waals surface area contributed by atoms with Gasteiger partial charge < -0.3 is 4.90 Å². The summed E-state index contributed by atoms with van der Waals surface area (Å²) in [6.45, 7) is 1.37. The quantitative estimate of drug-likeness (QED) is 0.787. The van der Waals surface area contributed by atoms with Gasteiger partial charge in [0.05, 0.1) is 12.1 Å². The number of amides is 2. The smallest absolute Gasteiger partial charge is 0.259 e. The molecule has 1 aliphatic rings. The molecular formula is C15H16N4O2. The highest BCUT2D eigenvalue weighted by atomic mass is 16.2. The van der Waals surface area contributed by atoms with E-state index in [0.717, 1.165) is 17.4 Å². The van der Waals surface area contributed by atoms with E-state index < -0.39 is 0 Å². The predicted octanol–water partition coefficient (Wildman–Crippen LogP) is 1.03. The van der Waals surface area contributed by atoms with E-state index in [1.165, 1.54) is 17.1 Å². The molecule has 0 saturated carbocycles. The molecule has 0 unspecified atom stereocenters. The molecule has 0 N–H and O–H groups in total. The van der Waals surface area contributed by atoms with Crippen LogP contribution in [-0.4, -0.2) is 47.1 Å². The number of aromatic nitrogens is 2. The van der Waals surface area contributed by atoms with Crippen LogP contribution in [-0.2, 0) is 16.1 Å². The SMILES string of the molecule is CN(C)CCn1nc2ccccc2c1N1C(=O)C=CC1=O. The first-order valence-corrected chi connectivity index (χ1v) is 6.74. The van der Waals surface area contributed by atoms with Crippen LogP contribution < -0.4 is 4.90 Å². The van der Waals surface area contributed by atoms with Crippen molar-refractivity contribution >= 4 is 28.5 Å². The van der Waals surface area contributed by atoms with Gasteiger partial charge in [-0.3, -0.25) is 9.59 Å². The molecule has 3 rings (SSSR count). The highest BCUT2D eigenvalue weighted by Gasteiger charge is 2.30. The molecule has 0 saturated heterocycles. The van der Waals surface area contributed by atoms with Gasteiger partial charge in [0.25, 0.3) is 11.8 Å². The number of fused-ring (bicyclic) bond motifs is 1. The lowest BCUT2D eigenvalue weighted by molar-refractivity contribution is -0.120. The van der Waals surface area contributed by atoms with Crippen LogP contribution in [0.2, 0.25) is 0 Å². The predicted molar refractivity (Wildman–Crippen MR) is 79.9 cm³/mol. The standard InChI is InChI=1S/C15H16N4O2/c1-17(2)9-10-18-15(19-13(20)7-8-14(19)21)11-5-3-4-6-12(11)16-18/h3-8H,9-10H2,1-2H3. The summed E-state index contributed by atoms with van der Waals surface area (Å²) in [6, 6.07) is 7.52. The molecule has 0 bridgehead atoms. The van der Waals surface area contributed by atoms with Crippen molar-refractivity contribution in [2.45, 2.75) is 6.54 Å². The van der Waals surface area contributed by atoms with Crippen molar-refractivity contribution in [3.8, 4) is 0 Å². The summed E-state index contributed by atoms with van der Waals surface area (Å²) in [5.41, 5.74) is 0.777. The molecule has 6 heteroatoms. The summed E-state index contributed by atoms with van der Waals surface area (Å²) in [6.07, 6.45) is 2.58. The zero-order chi connectivity index (χ0) is 15.0. The van der Waals surface area contributed by atoms with Gasteiger partial charge in [-0.25, -0.2) is 9.58 Å². The van der Waals surface area contributed by atoms with Crippen LogP contribution in [0.15, 0.2) is 36.4 Å². The summed E-state index contributed by atoms with van der Waals surface area (Å²) in [5, 5.41) is 5.32. The molecule has 2 amide bonds. The monoisotopic (exact) mass is 284 g/mol. The van der Waals surface area contributed by atoms with Gasteiger partial charge in [0.1, 0.15) is 5.82 Å². The second-order valence-corrected chi connectivity index (χ2v) is 5.21. The lowest BCUT2D eigenvalue weighted by Crippen LogP contribution is -2.33. The normalized spacial score (nSPS) is 14.9. The molecule has 0 spiro atoms. The Labute approximate surface area is 122 Å². The summed E-state index contributed by atoms with van der Waals surface area (Å²) in [4.78, 5) is 27.2. The van der Waals surface area contributed by atoms with E-state index in [4.69, 9.17) is 0 Å². The molecule has 0 atom stereocenters. The number of carbonyl (C=O) groups is 2. The number of likely N-dealkylation sites (N-methyl/N-ethyl adjacent to an activating group) is 1. The van der Waals surface area contributed by atoms with Crippen LogP contribution in [0, 0.1) is 0 Å². The van der Waals surface area contributed by atoms with Gasteiger partial charge in [-0.15, -0.1) is 0 Å². The van der Waals surface area contributed by atoms with Crippen LogP contribution in [0.25, 0.3) is 10.9 Å². The molecule has 0 aliphatic carbocycles. The number of rotatable bonds is 4. The highest BCUT2D eigenvalue weighted by molar-refractivity contribution is 6.29. The van der Waals surface area contributed by atoms with E-state index in [1.54, 1.807) is 4.68 Å². The lowest BCUT2D eigenvalue weighted by Gasteiger charge is -2.17. The maximum atomic E-state index is 12.0. The average molecular weight is 284 g/mol. The fraction of sp³-hybridized carbons (Fsp3) is 0.267. The fourth-order valence-corrected chi connectivity index (χ4v) is 2.36. The van der Waals surface area contributed by atoms with Crippen molar-refractivity contribution in [1.82, 2.24) is 14.7 Å². The maximum absolute atomic E-state index is 12.0. The van der Waals surface area contributed by atoms with E-state index in [9.17, 15) is 9.59 Å². The molecule has 21 heavy (non-hydrogen) atoms. The van der Waals surface area contributed by atoms with Crippen molar-refractivity contribution < 1.29 is 9.59 Å². The van der Waals surface area contributed by atoms with E-state index in [1.807, 2.05) is 43.3 Å². The number of carbonyl (C=O) groups excluding carboxylic acids is 2. The Balaban J connectivity index is 2.11. The van der Waals surface area contributed by atoms with Crippen LogP contribution in [0.4, 0.5) is 5.82 Å². The van der Waals surface area contributed by atoms with Gasteiger partial charge in [-0.05, 0) is 26.2 Å². The van der Waals surface area contributed by atoms with Crippen molar-refractivity contribution in [2.75, 3.05) is 25.5 Å². The maximum Gasteiger partial charge on any atom is 0.259 e. The van der Waals surface area contributed by atoms with E-state index in [2.05, 4.69) is 5.10 Å².